The smallest absolute Gasteiger partial charge is 0.241 e. The van der Waals surface area contributed by atoms with Gasteiger partial charge in [0.2, 0.25) is 11.7 Å². The first-order valence-corrected chi connectivity index (χ1v) is 6.92. The Morgan fingerprint density at radius 1 is 1.30 bits per heavy atom. The average molecular weight is 273 g/mol. The first-order valence-electron chi connectivity index (χ1n) is 6.92. The van der Waals surface area contributed by atoms with Crippen molar-refractivity contribution in [2.45, 2.75) is 32.4 Å². The van der Waals surface area contributed by atoms with Crippen LogP contribution in [-0.2, 0) is 6.54 Å². The topological polar surface area (TPSA) is 62.4 Å². The van der Waals surface area contributed by atoms with Crippen molar-refractivity contribution in [2.75, 3.05) is 13.1 Å². The number of aromatic nitrogens is 2. The van der Waals surface area contributed by atoms with E-state index in [1.165, 1.54) is 5.56 Å². The monoisotopic (exact) mass is 273 g/mol. The predicted octanol–water partition coefficient (Wildman–Crippen LogP) is 2.00. The fraction of sp³-hybridized carbons (Fsp3) is 0.467. The van der Waals surface area contributed by atoms with Gasteiger partial charge in [-0.05, 0) is 13.3 Å². The molecule has 0 spiro atoms. The minimum atomic E-state index is -0.528. The molecule has 20 heavy (non-hydrogen) atoms. The molecular formula is C15H19N3O2. The number of likely N-dealkylation sites (tertiary alicyclic amines) is 1. The molecule has 1 saturated heterocycles. The van der Waals surface area contributed by atoms with E-state index in [1.807, 2.05) is 38.1 Å². The summed E-state index contributed by atoms with van der Waals surface area (Å²) in [6.07, 6.45) is 0.780. The van der Waals surface area contributed by atoms with Crippen LogP contribution in [0.4, 0.5) is 0 Å². The van der Waals surface area contributed by atoms with Crippen molar-refractivity contribution in [3.05, 3.63) is 35.7 Å². The first-order chi connectivity index (χ1) is 9.58. The lowest BCUT2D eigenvalue weighted by atomic mass is 9.91. The molecular weight excluding hydrogens is 254 g/mol. The summed E-state index contributed by atoms with van der Waals surface area (Å²) in [5, 5.41) is 14.0. The molecule has 5 heteroatoms. The van der Waals surface area contributed by atoms with Crippen molar-refractivity contribution in [3.63, 3.8) is 0 Å². The van der Waals surface area contributed by atoms with Gasteiger partial charge in [-0.25, -0.2) is 0 Å². The number of benzene rings is 1. The summed E-state index contributed by atoms with van der Waals surface area (Å²) in [5.41, 5.74) is 1.64. The van der Waals surface area contributed by atoms with Crippen molar-refractivity contribution >= 4 is 0 Å². The van der Waals surface area contributed by atoms with Gasteiger partial charge in [-0.1, -0.05) is 41.9 Å². The molecule has 1 N–H and O–H groups in total. The molecule has 1 aromatic heterocycles. The summed E-state index contributed by atoms with van der Waals surface area (Å²) >= 11 is 0. The minimum absolute atomic E-state index is 0.528. The van der Waals surface area contributed by atoms with Gasteiger partial charge in [0.25, 0.3) is 0 Å². The molecule has 1 fully saturated rings. The van der Waals surface area contributed by atoms with Gasteiger partial charge in [0.1, 0.15) is 0 Å². The highest BCUT2D eigenvalue weighted by Gasteiger charge is 2.39. The van der Waals surface area contributed by atoms with Gasteiger partial charge >= 0.3 is 0 Å². The lowest BCUT2D eigenvalue weighted by Crippen LogP contribution is -2.60. The summed E-state index contributed by atoms with van der Waals surface area (Å²) in [6, 6.07) is 8.04. The van der Waals surface area contributed by atoms with Crippen LogP contribution in [0.15, 0.2) is 28.8 Å². The number of nitrogens with zero attached hydrogens (tertiary/aromatic N) is 3. The Labute approximate surface area is 118 Å². The van der Waals surface area contributed by atoms with Crippen molar-refractivity contribution < 1.29 is 9.63 Å². The predicted molar refractivity (Wildman–Crippen MR) is 75.0 cm³/mol. The lowest BCUT2D eigenvalue weighted by molar-refractivity contribution is -0.106. The molecule has 0 saturated carbocycles. The van der Waals surface area contributed by atoms with Gasteiger partial charge < -0.3 is 9.63 Å². The molecule has 0 aliphatic carbocycles. The van der Waals surface area contributed by atoms with Gasteiger partial charge in [-0.2, -0.15) is 4.98 Å². The molecule has 0 amide bonds. The normalized spacial score (nSPS) is 17.9. The standard InChI is InChI=1S/C15H19N3O2/c1-3-15(19)9-18(10-15)8-13-16-14(17-20-13)12-6-4-11(2)5-7-12/h4-7,19H,3,8-10H2,1-2H3. The van der Waals surface area contributed by atoms with Crippen LogP contribution < -0.4 is 0 Å². The highest BCUT2D eigenvalue weighted by atomic mass is 16.5. The van der Waals surface area contributed by atoms with E-state index >= 15 is 0 Å². The fourth-order valence-electron chi connectivity index (χ4n) is 2.45. The molecule has 5 nitrogen and oxygen atoms in total. The molecule has 106 valence electrons. The van der Waals surface area contributed by atoms with Crippen LogP contribution in [0.1, 0.15) is 24.8 Å². The second-order valence-electron chi connectivity index (χ2n) is 5.60. The third-order valence-electron chi connectivity index (χ3n) is 3.83. The third kappa shape index (κ3) is 2.59. The molecule has 2 heterocycles. The molecule has 1 aromatic carbocycles. The number of β-amino-alcohol motifs (C(OH)–C–C–N with tert-alkyl or cyclic N) is 1. The molecule has 0 atom stereocenters. The largest absolute Gasteiger partial charge is 0.387 e. The van der Waals surface area contributed by atoms with Crippen LogP contribution in [0.5, 0.6) is 0 Å². The molecule has 2 aromatic rings. The van der Waals surface area contributed by atoms with E-state index in [0.717, 1.165) is 12.0 Å². The van der Waals surface area contributed by atoms with Crippen LogP contribution >= 0.6 is 0 Å². The maximum absolute atomic E-state index is 9.97. The average Bonchev–Trinajstić information content (AvgIpc) is 2.86. The fourth-order valence-corrected chi connectivity index (χ4v) is 2.45. The summed E-state index contributed by atoms with van der Waals surface area (Å²) in [6.45, 7) is 5.99. The van der Waals surface area contributed by atoms with Gasteiger partial charge in [0, 0.05) is 18.7 Å². The molecule has 3 rings (SSSR count). The van der Waals surface area contributed by atoms with Crippen molar-refractivity contribution in [1.82, 2.24) is 15.0 Å². The zero-order valence-corrected chi connectivity index (χ0v) is 11.8. The summed E-state index contributed by atoms with van der Waals surface area (Å²) in [4.78, 5) is 6.51. The first kappa shape index (κ1) is 13.3. The van der Waals surface area contributed by atoms with E-state index in [9.17, 15) is 5.11 Å². The number of aryl methyl sites for hydroxylation is 1. The van der Waals surface area contributed by atoms with Gasteiger partial charge in [-0.15, -0.1) is 0 Å². The van der Waals surface area contributed by atoms with E-state index in [2.05, 4.69) is 15.0 Å². The molecule has 0 bridgehead atoms. The summed E-state index contributed by atoms with van der Waals surface area (Å²) < 4.78 is 5.27. The number of rotatable bonds is 4. The number of hydrogen-bond donors (Lipinski definition) is 1. The zero-order chi connectivity index (χ0) is 14.2. The Bertz CT molecular complexity index is 585. The second kappa shape index (κ2) is 5.00. The molecule has 1 aliphatic rings. The second-order valence-corrected chi connectivity index (χ2v) is 5.60. The Kier molecular flexibility index (Phi) is 3.31. The van der Waals surface area contributed by atoms with E-state index in [4.69, 9.17) is 4.52 Å². The van der Waals surface area contributed by atoms with E-state index in [1.54, 1.807) is 0 Å². The van der Waals surface area contributed by atoms with Crippen molar-refractivity contribution in [2.24, 2.45) is 0 Å². The molecule has 1 aliphatic heterocycles. The van der Waals surface area contributed by atoms with Crippen LogP contribution in [0.3, 0.4) is 0 Å². The molecule has 0 radical (unpaired) electrons. The van der Waals surface area contributed by atoms with Crippen molar-refractivity contribution in [1.29, 1.82) is 0 Å². The van der Waals surface area contributed by atoms with E-state index in [0.29, 0.717) is 31.3 Å². The Morgan fingerprint density at radius 2 is 2.00 bits per heavy atom. The maximum atomic E-state index is 9.97. The Balaban J connectivity index is 1.64. The van der Waals surface area contributed by atoms with E-state index in [-0.39, 0.29) is 0 Å². The summed E-state index contributed by atoms with van der Waals surface area (Å²) in [5.74, 6) is 1.21. The quantitative estimate of drug-likeness (QED) is 0.923. The van der Waals surface area contributed by atoms with E-state index < -0.39 is 5.60 Å². The van der Waals surface area contributed by atoms with Gasteiger partial charge in [0.05, 0.1) is 12.1 Å². The Hall–Kier alpha value is -1.72. The SMILES string of the molecule is CCC1(O)CN(Cc2nc(-c3ccc(C)cc3)no2)C1. The van der Waals surface area contributed by atoms with Crippen LogP contribution in [0, 0.1) is 6.92 Å². The van der Waals surface area contributed by atoms with Crippen LogP contribution in [0.2, 0.25) is 0 Å². The maximum Gasteiger partial charge on any atom is 0.241 e. The number of hydrogen-bond acceptors (Lipinski definition) is 5. The highest BCUT2D eigenvalue weighted by molar-refractivity contribution is 5.54. The highest BCUT2D eigenvalue weighted by Crippen LogP contribution is 2.26. The minimum Gasteiger partial charge on any atom is -0.387 e. The van der Waals surface area contributed by atoms with Crippen molar-refractivity contribution in [3.8, 4) is 11.4 Å². The lowest BCUT2D eigenvalue weighted by Gasteiger charge is -2.45. The molecule has 0 unspecified atom stereocenters. The Morgan fingerprint density at radius 3 is 2.65 bits per heavy atom. The zero-order valence-electron chi connectivity index (χ0n) is 11.8. The van der Waals surface area contributed by atoms with Crippen LogP contribution in [0.25, 0.3) is 11.4 Å². The van der Waals surface area contributed by atoms with Crippen LogP contribution in [-0.4, -0.2) is 38.8 Å². The number of aliphatic hydroxyl groups is 1. The third-order valence-corrected chi connectivity index (χ3v) is 3.83. The van der Waals surface area contributed by atoms with Gasteiger partial charge in [0.15, 0.2) is 0 Å². The van der Waals surface area contributed by atoms with Gasteiger partial charge in [-0.3, -0.25) is 4.90 Å². The summed E-state index contributed by atoms with van der Waals surface area (Å²) in [7, 11) is 0.